The fraction of sp³-hybridized carbons (Fsp3) is 0.632. The van der Waals surface area contributed by atoms with Crippen LogP contribution in [0.3, 0.4) is 0 Å². The first-order valence-electron chi connectivity index (χ1n) is 8.40. The molecule has 0 aliphatic carbocycles. The molecule has 4 nitrogen and oxygen atoms in total. The maximum absolute atomic E-state index is 12.3. The summed E-state index contributed by atoms with van der Waals surface area (Å²) in [5.74, 6) is 0. The van der Waals surface area contributed by atoms with Crippen LogP contribution < -0.4 is 5.32 Å². The van der Waals surface area contributed by atoms with E-state index in [0.29, 0.717) is 6.54 Å². The van der Waals surface area contributed by atoms with Gasteiger partial charge in [0.25, 0.3) is 0 Å². The lowest BCUT2D eigenvalue weighted by Gasteiger charge is -2.30. The monoisotopic (exact) mass is 320 g/mol. The SMILES string of the molecule is Cc1ccccc1C(C)NCCN(C(=O)OC(C)(C)C)C(C)C. The summed E-state index contributed by atoms with van der Waals surface area (Å²) in [4.78, 5) is 14.0. The number of nitrogens with one attached hydrogen (secondary N) is 1. The molecule has 0 saturated carbocycles. The van der Waals surface area contributed by atoms with Gasteiger partial charge in [-0.05, 0) is 59.6 Å². The second-order valence-corrected chi connectivity index (χ2v) is 7.30. The van der Waals surface area contributed by atoms with Crippen molar-refractivity contribution in [3.05, 3.63) is 35.4 Å². The number of ether oxygens (including phenoxy) is 1. The van der Waals surface area contributed by atoms with Crippen LogP contribution in [0, 0.1) is 6.92 Å². The van der Waals surface area contributed by atoms with Gasteiger partial charge in [-0.1, -0.05) is 24.3 Å². The summed E-state index contributed by atoms with van der Waals surface area (Å²) in [6.45, 7) is 15.3. The van der Waals surface area contributed by atoms with Crippen LogP contribution in [0.4, 0.5) is 4.79 Å². The topological polar surface area (TPSA) is 41.6 Å². The minimum atomic E-state index is -0.466. The van der Waals surface area contributed by atoms with E-state index in [0.717, 1.165) is 6.54 Å². The van der Waals surface area contributed by atoms with Crippen LogP contribution in [-0.2, 0) is 4.74 Å². The zero-order valence-electron chi connectivity index (χ0n) is 15.6. The Bertz CT molecular complexity index is 506. The first-order valence-corrected chi connectivity index (χ1v) is 8.40. The Morgan fingerprint density at radius 2 is 1.83 bits per heavy atom. The molecule has 1 unspecified atom stereocenters. The summed E-state index contributed by atoms with van der Waals surface area (Å²) in [5.41, 5.74) is 2.10. The zero-order chi connectivity index (χ0) is 17.6. The number of amides is 1. The van der Waals surface area contributed by atoms with E-state index in [1.165, 1.54) is 11.1 Å². The van der Waals surface area contributed by atoms with E-state index in [9.17, 15) is 4.79 Å². The summed E-state index contributed by atoms with van der Waals surface area (Å²) < 4.78 is 5.48. The number of carbonyl (C=O) groups excluding carboxylic acids is 1. The highest BCUT2D eigenvalue weighted by Crippen LogP contribution is 2.16. The molecular formula is C19H32N2O2. The van der Waals surface area contributed by atoms with Gasteiger partial charge >= 0.3 is 6.09 Å². The second kappa shape index (κ2) is 8.34. The molecule has 130 valence electrons. The van der Waals surface area contributed by atoms with Crippen molar-refractivity contribution in [1.82, 2.24) is 10.2 Å². The highest BCUT2D eigenvalue weighted by molar-refractivity contribution is 5.68. The fourth-order valence-corrected chi connectivity index (χ4v) is 2.46. The zero-order valence-corrected chi connectivity index (χ0v) is 15.6. The van der Waals surface area contributed by atoms with E-state index in [-0.39, 0.29) is 18.2 Å². The maximum Gasteiger partial charge on any atom is 0.410 e. The summed E-state index contributed by atoms with van der Waals surface area (Å²) >= 11 is 0. The first-order chi connectivity index (χ1) is 10.6. The lowest BCUT2D eigenvalue weighted by molar-refractivity contribution is 0.0192. The average molecular weight is 320 g/mol. The molecule has 0 aromatic heterocycles. The minimum Gasteiger partial charge on any atom is -0.444 e. The van der Waals surface area contributed by atoms with Crippen molar-refractivity contribution in [3.8, 4) is 0 Å². The number of nitrogens with zero attached hydrogens (tertiary/aromatic N) is 1. The first kappa shape index (κ1) is 19.5. The van der Waals surface area contributed by atoms with Crippen molar-refractivity contribution in [2.45, 2.75) is 66.2 Å². The third-order valence-corrected chi connectivity index (χ3v) is 3.71. The van der Waals surface area contributed by atoms with Gasteiger partial charge in [0.2, 0.25) is 0 Å². The molecule has 0 aliphatic heterocycles. The van der Waals surface area contributed by atoms with E-state index in [4.69, 9.17) is 4.74 Å². The van der Waals surface area contributed by atoms with Crippen molar-refractivity contribution < 1.29 is 9.53 Å². The van der Waals surface area contributed by atoms with E-state index in [1.807, 2.05) is 34.6 Å². The van der Waals surface area contributed by atoms with Gasteiger partial charge in [-0.2, -0.15) is 0 Å². The van der Waals surface area contributed by atoms with Crippen molar-refractivity contribution >= 4 is 6.09 Å². The average Bonchev–Trinajstić information content (AvgIpc) is 2.41. The molecule has 1 rings (SSSR count). The van der Waals surface area contributed by atoms with Crippen LogP contribution in [-0.4, -0.2) is 35.7 Å². The van der Waals surface area contributed by atoms with Crippen molar-refractivity contribution in [2.24, 2.45) is 0 Å². The standard InChI is InChI=1S/C19H32N2O2/c1-14(2)21(18(22)23-19(5,6)7)13-12-20-16(4)17-11-9-8-10-15(17)3/h8-11,14,16,20H,12-13H2,1-7H3. The Kier molecular flexibility index (Phi) is 7.07. The van der Waals surface area contributed by atoms with Crippen LogP contribution in [0.25, 0.3) is 0 Å². The lowest BCUT2D eigenvalue weighted by Crippen LogP contribution is -2.44. The van der Waals surface area contributed by atoms with Gasteiger partial charge < -0.3 is 15.0 Å². The van der Waals surface area contributed by atoms with E-state index in [2.05, 4.69) is 43.4 Å². The molecule has 0 spiro atoms. The van der Waals surface area contributed by atoms with E-state index < -0.39 is 5.60 Å². The summed E-state index contributed by atoms with van der Waals surface area (Å²) in [5, 5.41) is 3.49. The molecule has 23 heavy (non-hydrogen) atoms. The van der Waals surface area contributed by atoms with Gasteiger partial charge in [-0.15, -0.1) is 0 Å². The van der Waals surface area contributed by atoms with Crippen LogP contribution >= 0.6 is 0 Å². The summed E-state index contributed by atoms with van der Waals surface area (Å²) in [6, 6.07) is 8.73. The Morgan fingerprint density at radius 3 is 2.35 bits per heavy atom. The molecule has 0 bridgehead atoms. The Hall–Kier alpha value is -1.55. The van der Waals surface area contributed by atoms with Gasteiger partial charge in [0.1, 0.15) is 5.60 Å². The van der Waals surface area contributed by atoms with Gasteiger partial charge in [-0.3, -0.25) is 0 Å². The van der Waals surface area contributed by atoms with Crippen LogP contribution in [0.1, 0.15) is 58.7 Å². The van der Waals surface area contributed by atoms with Gasteiger partial charge in [0.15, 0.2) is 0 Å². The molecule has 0 aliphatic rings. The van der Waals surface area contributed by atoms with E-state index in [1.54, 1.807) is 4.90 Å². The number of hydrogen-bond acceptors (Lipinski definition) is 3. The predicted octanol–water partition coefficient (Wildman–Crippen LogP) is 4.29. The molecule has 0 radical (unpaired) electrons. The molecule has 4 heteroatoms. The molecule has 0 saturated heterocycles. The van der Waals surface area contributed by atoms with E-state index >= 15 is 0 Å². The van der Waals surface area contributed by atoms with Crippen molar-refractivity contribution in [2.75, 3.05) is 13.1 Å². The quantitative estimate of drug-likeness (QED) is 0.850. The third kappa shape index (κ3) is 6.61. The largest absolute Gasteiger partial charge is 0.444 e. The molecule has 1 N–H and O–H groups in total. The van der Waals surface area contributed by atoms with Crippen LogP contribution in [0.15, 0.2) is 24.3 Å². The van der Waals surface area contributed by atoms with Crippen LogP contribution in [0.2, 0.25) is 0 Å². The fourth-order valence-electron chi connectivity index (χ4n) is 2.46. The van der Waals surface area contributed by atoms with Crippen molar-refractivity contribution in [3.63, 3.8) is 0 Å². The molecule has 1 aromatic rings. The molecule has 0 fully saturated rings. The molecule has 0 heterocycles. The Balaban J connectivity index is 2.56. The number of hydrogen-bond donors (Lipinski definition) is 1. The number of rotatable bonds is 6. The summed E-state index contributed by atoms with van der Waals surface area (Å²) in [7, 11) is 0. The third-order valence-electron chi connectivity index (χ3n) is 3.71. The second-order valence-electron chi connectivity index (χ2n) is 7.30. The lowest BCUT2D eigenvalue weighted by atomic mass is 10.0. The van der Waals surface area contributed by atoms with Gasteiger partial charge in [-0.25, -0.2) is 4.79 Å². The molecule has 1 aromatic carbocycles. The smallest absolute Gasteiger partial charge is 0.410 e. The minimum absolute atomic E-state index is 0.111. The number of carbonyl (C=O) groups is 1. The van der Waals surface area contributed by atoms with Gasteiger partial charge in [0, 0.05) is 25.2 Å². The number of benzene rings is 1. The molecule has 1 amide bonds. The normalized spacial score (nSPS) is 13.0. The Morgan fingerprint density at radius 1 is 1.22 bits per heavy atom. The van der Waals surface area contributed by atoms with Crippen molar-refractivity contribution in [1.29, 1.82) is 0 Å². The maximum atomic E-state index is 12.3. The van der Waals surface area contributed by atoms with Gasteiger partial charge in [0.05, 0.1) is 0 Å². The molecular weight excluding hydrogens is 288 g/mol. The number of aryl methyl sites for hydroxylation is 1. The predicted molar refractivity (Wildman–Crippen MR) is 95.7 cm³/mol. The highest BCUT2D eigenvalue weighted by atomic mass is 16.6. The molecule has 1 atom stereocenters. The highest BCUT2D eigenvalue weighted by Gasteiger charge is 2.23. The summed E-state index contributed by atoms with van der Waals surface area (Å²) in [6.07, 6.45) is -0.252. The van der Waals surface area contributed by atoms with Crippen LogP contribution in [0.5, 0.6) is 0 Å². The Labute approximate surface area is 141 Å².